The summed E-state index contributed by atoms with van der Waals surface area (Å²) in [6.07, 6.45) is 0. The van der Waals surface area contributed by atoms with Gasteiger partial charge in [-0.2, -0.15) is 0 Å². The molecule has 0 unspecified atom stereocenters. The number of benzene rings is 8. The molecule has 2 heterocycles. The van der Waals surface area contributed by atoms with Gasteiger partial charge in [-0.25, -0.2) is 9.97 Å². The number of nitrogens with zero attached hydrogens (tertiary/aromatic N) is 3. The van der Waals surface area contributed by atoms with E-state index in [0.29, 0.717) is 5.82 Å². The van der Waals surface area contributed by atoms with E-state index in [1.807, 2.05) is 18.2 Å². The quantitative estimate of drug-likeness (QED) is 0.144. The largest absolute Gasteiger partial charge is 0.309 e. The second-order valence-electron chi connectivity index (χ2n) is 12.6. The fourth-order valence-electron chi connectivity index (χ4n) is 7.51. The van der Waals surface area contributed by atoms with Crippen LogP contribution < -0.4 is 0 Å². The van der Waals surface area contributed by atoms with E-state index in [-0.39, 0.29) is 0 Å². The first-order chi connectivity index (χ1) is 24.3. The predicted octanol–water partition coefficient (Wildman–Crippen LogP) is 12.0. The van der Waals surface area contributed by atoms with Crippen LogP contribution in [-0.2, 0) is 0 Å². The molecule has 10 aromatic rings. The maximum absolute atomic E-state index is 5.27. The zero-order chi connectivity index (χ0) is 32.3. The van der Waals surface area contributed by atoms with E-state index >= 15 is 0 Å². The van der Waals surface area contributed by atoms with Crippen molar-refractivity contribution in [1.29, 1.82) is 0 Å². The lowest BCUT2D eigenvalue weighted by Gasteiger charge is -2.16. The SMILES string of the molecule is c1ccc(-c2nc(-c3ccccc3-n3c4ccccc4c4ccccc43)cc(-c3cccc4c3ccc3cc5ccccc5cc34)n2)cc1. The topological polar surface area (TPSA) is 30.7 Å². The molecule has 10 rings (SSSR count). The molecule has 228 valence electrons. The van der Waals surface area contributed by atoms with Crippen LogP contribution >= 0.6 is 0 Å². The highest BCUT2D eigenvalue weighted by molar-refractivity contribution is 6.15. The Morgan fingerprint density at radius 2 is 0.939 bits per heavy atom. The Bertz CT molecular complexity index is 2830. The molecule has 3 heteroatoms. The Morgan fingerprint density at radius 1 is 0.347 bits per heavy atom. The van der Waals surface area contributed by atoms with Crippen molar-refractivity contribution in [2.75, 3.05) is 0 Å². The van der Waals surface area contributed by atoms with Gasteiger partial charge in [-0.05, 0) is 68.7 Å². The summed E-state index contributed by atoms with van der Waals surface area (Å²) in [7, 11) is 0. The van der Waals surface area contributed by atoms with Crippen molar-refractivity contribution in [1.82, 2.24) is 14.5 Å². The Labute approximate surface area is 283 Å². The van der Waals surface area contributed by atoms with Crippen LogP contribution in [0.25, 0.3) is 93.7 Å². The van der Waals surface area contributed by atoms with Crippen molar-refractivity contribution in [3.05, 3.63) is 176 Å². The summed E-state index contributed by atoms with van der Waals surface area (Å²) in [6, 6.07) is 62.6. The summed E-state index contributed by atoms with van der Waals surface area (Å²) in [5, 5.41) is 9.82. The first-order valence-electron chi connectivity index (χ1n) is 16.7. The lowest BCUT2D eigenvalue weighted by Crippen LogP contribution is -2.01. The molecule has 0 aliphatic heterocycles. The van der Waals surface area contributed by atoms with E-state index in [1.54, 1.807) is 0 Å². The van der Waals surface area contributed by atoms with Gasteiger partial charge in [-0.1, -0.05) is 140 Å². The minimum atomic E-state index is 0.703. The molecule has 0 saturated carbocycles. The van der Waals surface area contributed by atoms with Crippen molar-refractivity contribution in [2.24, 2.45) is 0 Å². The van der Waals surface area contributed by atoms with Gasteiger partial charge in [0.05, 0.1) is 28.1 Å². The summed E-state index contributed by atoms with van der Waals surface area (Å²) in [6.45, 7) is 0. The van der Waals surface area contributed by atoms with Crippen LogP contribution in [0.4, 0.5) is 0 Å². The Balaban J connectivity index is 1.24. The third-order valence-electron chi connectivity index (χ3n) is 9.78. The number of rotatable bonds is 4. The van der Waals surface area contributed by atoms with Crippen LogP contribution in [-0.4, -0.2) is 14.5 Å². The minimum absolute atomic E-state index is 0.703. The molecule has 0 bridgehead atoms. The van der Waals surface area contributed by atoms with E-state index in [1.165, 1.54) is 54.1 Å². The van der Waals surface area contributed by atoms with Gasteiger partial charge in [0.25, 0.3) is 0 Å². The van der Waals surface area contributed by atoms with Crippen LogP contribution in [0.5, 0.6) is 0 Å². The van der Waals surface area contributed by atoms with E-state index in [9.17, 15) is 0 Å². The van der Waals surface area contributed by atoms with Crippen LogP contribution in [0, 0.1) is 0 Å². The Kier molecular flexibility index (Phi) is 6.18. The molecule has 0 radical (unpaired) electrons. The average molecular weight is 624 g/mol. The summed E-state index contributed by atoms with van der Waals surface area (Å²) >= 11 is 0. The van der Waals surface area contributed by atoms with E-state index < -0.39 is 0 Å². The molecule has 0 atom stereocenters. The predicted molar refractivity (Wildman–Crippen MR) is 205 cm³/mol. The van der Waals surface area contributed by atoms with Gasteiger partial charge < -0.3 is 4.57 Å². The summed E-state index contributed by atoms with van der Waals surface area (Å²) in [5.74, 6) is 0.703. The molecule has 8 aromatic carbocycles. The van der Waals surface area contributed by atoms with Gasteiger partial charge >= 0.3 is 0 Å². The number of para-hydroxylation sites is 3. The lowest BCUT2D eigenvalue weighted by atomic mass is 9.94. The van der Waals surface area contributed by atoms with Crippen LogP contribution in [0.1, 0.15) is 0 Å². The highest BCUT2D eigenvalue weighted by atomic mass is 15.0. The second-order valence-corrected chi connectivity index (χ2v) is 12.6. The smallest absolute Gasteiger partial charge is 0.160 e. The standard InChI is InChI=1S/C46H29N3/c1-2-13-30(14-3-1)46-47-41(36-21-12-20-34-35(36)26-25-33-27-31-15-4-5-16-32(31)28-40(33)34)29-42(48-46)39-19-8-11-24-45(39)49-43-22-9-6-17-37(43)38-18-7-10-23-44(38)49/h1-29H. The third kappa shape index (κ3) is 4.44. The average Bonchev–Trinajstić information content (AvgIpc) is 3.51. The molecule has 0 saturated heterocycles. The van der Waals surface area contributed by atoms with Crippen molar-refractivity contribution in [3.63, 3.8) is 0 Å². The van der Waals surface area contributed by atoms with Crippen molar-refractivity contribution in [2.45, 2.75) is 0 Å². The van der Waals surface area contributed by atoms with Gasteiger partial charge in [0.1, 0.15) is 0 Å². The molecule has 0 aliphatic rings. The number of hydrogen-bond donors (Lipinski definition) is 0. The molecule has 0 fully saturated rings. The number of aromatic nitrogens is 3. The fraction of sp³-hybridized carbons (Fsp3) is 0. The fourth-order valence-corrected chi connectivity index (χ4v) is 7.51. The zero-order valence-electron chi connectivity index (χ0n) is 26.6. The first-order valence-corrected chi connectivity index (χ1v) is 16.7. The molecular formula is C46H29N3. The van der Waals surface area contributed by atoms with Gasteiger partial charge in [-0.15, -0.1) is 0 Å². The molecular weight excluding hydrogens is 595 g/mol. The Morgan fingerprint density at radius 3 is 1.71 bits per heavy atom. The van der Waals surface area contributed by atoms with Crippen molar-refractivity contribution in [3.8, 4) is 39.6 Å². The highest BCUT2D eigenvalue weighted by Gasteiger charge is 2.18. The molecule has 49 heavy (non-hydrogen) atoms. The van der Waals surface area contributed by atoms with Gasteiger partial charge in [0.15, 0.2) is 5.82 Å². The summed E-state index contributed by atoms with van der Waals surface area (Å²) in [4.78, 5) is 10.5. The maximum atomic E-state index is 5.27. The maximum Gasteiger partial charge on any atom is 0.160 e. The monoisotopic (exact) mass is 623 g/mol. The van der Waals surface area contributed by atoms with Gasteiger partial charge in [0, 0.05) is 27.5 Å². The normalized spacial score (nSPS) is 11.7. The van der Waals surface area contributed by atoms with E-state index in [0.717, 1.165) is 33.8 Å². The summed E-state index contributed by atoms with van der Waals surface area (Å²) < 4.78 is 2.37. The van der Waals surface area contributed by atoms with Crippen molar-refractivity contribution >= 4 is 54.1 Å². The highest BCUT2D eigenvalue weighted by Crippen LogP contribution is 2.39. The second kappa shape index (κ2) is 11.0. The molecule has 2 aromatic heterocycles. The molecule has 0 spiro atoms. The van der Waals surface area contributed by atoms with Gasteiger partial charge in [0.2, 0.25) is 0 Å². The minimum Gasteiger partial charge on any atom is -0.309 e. The molecule has 0 N–H and O–H groups in total. The molecule has 0 aliphatic carbocycles. The van der Waals surface area contributed by atoms with Crippen molar-refractivity contribution < 1.29 is 0 Å². The molecule has 0 amide bonds. The number of fused-ring (bicyclic) bond motifs is 7. The summed E-state index contributed by atoms with van der Waals surface area (Å²) in [5.41, 5.74) is 8.31. The van der Waals surface area contributed by atoms with Gasteiger partial charge in [-0.3, -0.25) is 0 Å². The van der Waals surface area contributed by atoms with Crippen LogP contribution in [0.2, 0.25) is 0 Å². The first kappa shape index (κ1) is 27.5. The van der Waals surface area contributed by atoms with E-state index in [4.69, 9.17) is 9.97 Å². The Hall–Kier alpha value is -6.58. The third-order valence-corrected chi connectivity index (χ3v) is 9.78. The lowest BCUT2D eigenvalue weighted by molar-refractivity contribution is 1.15. The van der Waals surface area contributed by atoms with E-state index in [2.05, 4.69) is 162 Å². The zero-order valence-corrected chi connectivity index (χ0v) is 26.6. The molecule has 3 nitrogen and oxygen atoms in total. The number of hydrogen-bond acceptors (Lipinski definition) is 2. The van der Waals surface area contributed by atoms with Crippen LogP contribution in [0.15, 0.2) is 176 Å². The van der Waals surface area contributed by atoms with Crippen LogP contribution in [0.3, 0.4) is 0 Å².